The van der Waals surface area contributed by atoms with E-state index in [0.717, 1.165) is 16.7 Å². The Balaban J connectivity index is 2.46. The van der Waals surface area contributed by atoms with E-state index in [1.807, 2.05) is 32.0 Å². The van der Waals surface area contributed by atoms with E-state index in [2.05, 4.69) is 4.74 Å². The Morgan fingerprint density at radius 3 is 2.43 bits per heavy atom. The monoisotopic (exact) mass is 325 g/mol. The van der Waals surface area contributed by atoms with Crippen LogP contribution in [0.15, 0.2) is 36.4 Å². The molecule has 0 saturated heterocycles. The number of rotatable bonds is 5. The molecule has 124 valence electrons. The highest BCUT2D eigenvalue weighted by Crippen LogP contribution is 2.37. The molecule has 0 amide bonds. The average Bonchev–Trinajstić information content (AvgIpc) is 2.47. The maximum atomic E-state index is 12.6. The zero-order valence-corrected chi connectivity index (χ0v) is 12.9. The maximum absolute atomic E-state index is 12.6. The molecule has 0 radical (unpaired) electrons. The van der Waals surface area contributed by atoms with Crippen LogP contribution in [0.4, 0.5) is 13.2 Å². The third kappa shape index (κ3) is 4.39. The van der Waals surface area contributed by atoms with Gasteiger partial charge in [-0.15, -0.1) is 13.2 Å². The van der Waals surface area contributed by atoms with E-state index in [4.69, 9.17) is 10.5 Å². The van der Waals surface area contributed by atoms with Crippen molar-refractivity contribution in [2.45, 2.75) is 20.2 Å². The number of hydrogen-bond acceptors (Lipinski definition) is 3. The van der Waals surface area contributed by atoms with E-state index in [0.29, 0.717) is 5.56 Å². The molecule has 0 aliphatic heterocycles. The summed E-state index contributed by atoms with van der Waals surface area (Å²) in [6, 6.07) is 10.2. The molecule has 23 heavy (non-hydrogen) atoms. The lowest BCUT2D eigenvalue weighted by Crippen LogP contribution is -2.18. The van der Waals surface area contributed by atoms with E-state index in [1.54, 1.807) is 6.07 Å². The molecule has 3 nitrogen and oxygen atoms in total. The molecule has 0 heterocycles. The van der Waals surface area contributed by atoms with E-state index in [-0.39, 0.29) is 24.7 Å². The van der Waals surface area contributed by atoms with Crippen molar-refractivity contribution in [3.8, 4) is 22.6 Å². The summed E-state index contributed by atoms with van der Waals surface area (Å²) in [5.41, 5.74) is 8.86. The zero-order chi connectivity index (χ0) is 17.0. The van der Waals surface area contributed by atoms with Crippen molar-refractivity contribution in [3.63, 3.8) is 0 Å². The van der Waals surface area contributed by atoms with Crippen LogP contribution in [0.5, 0.6) is 11.5 Å². The number of nitrogens with two attached hydrogens (primary N) is 1. The van der Waals surface area contributed by atoms with Gasteiger partial charge in [0.05, 0.1) is 0 Å². The molecule has 0 aromatic heterocycles. The molecule has 0 aliphatic rings. The number of ether oxygens (including phenoxy) is 2. The first-order chi connectivity index (χ1) is 10.8. The summed E-state index contributed by atoms with van der Waals surface area (Å²) < 4.78 is 47.2. The average molecular weight is 325 g/mol. The number of halogens is 3. The van der Waals surface area contributed by atoms with Gasteiger partial charge in [-0.1, -0.05) is 24.3 Å². The fourth-order valence-electron chi connectivity index (χ4n) is 2.23. The third-order valence-electron chi connectivity index (χ3n) is 3.46. The first-order valence-corrected chi connectivity index (χ1v) is 7.11. The second kappa shape index (κ2) is 6.91. The van der Waals surface area contributed by atoms with Crippen LogP contribution in [0.3, 0.4) is 0 Å². The standard InChI is InChI=1S/C17H18F3NO2/c1-11-4-3-5-14(12(11)2)13-6-7-15(22-9-8-21)16(10-13)23-17(18,19)20/h3-7,10H,8-9,21H2,1-2H3. The minimum atomic E-state index is -4.79. The van der Waals surface area contributed by atoms with Crippen LogP contribution in [0.25, 0.3) is 11.1 Å². The smallest absolute Gasteiger partial charge is 0.488 e. The predicted octanol–water partition coefficient (Wildman–Crippen LogP) is 4.21. The van der Waals surface area contributed by atoms with Crippen LogP contribution in [0.2, 0.25) is 0 Å². The number of hydrogen-bond donors (Lipinski definition) is 1. The molecule has 0 aliphatic carbocycles. The summed E-state index contributed by atoms with van der Waals surface area (Å²) in [7, 11) is 0. The molecule has 0 atom stereocenters. The molecule has 0 bridgehead atoms. The van der Waals surface area contributed by atoms with Gasteiger partial charge in [-0.3, -0.25) is 0 Å². The van der Waals surface area contributed by atoms with Crippen LogP contribution >= 0.6 is 0 Å². The SMILES string of the molecule is Cc1cccc(-c2ccc(OCCN)c(OC(F)(F)F)c2)c1C. The van der Waals surface area contributed by atoms with Crippen molar-refractivity contribution in [2.75, 3.05) is 13.2 Å². The van der Waals surface area contributed by atoms with Gasteiger partial charge in [0.25, 0.3) is 0 Å². The van der Waals surface area contributed by atoms with E-state index >= 15 is 0 Å². The van der Waals surface area contributed by atoms with Gasteiger partial charge in [0.1, 0.15) is 6.61 Å². The number of alkyl halides is 3. The lowest BCUT2D eigenvalue weighted by Gasteiger charge is -2.16. The molecule has 0 saturated carbocycles. The quantitative estimate of drug-likeness (QED) is 0.896. The zero-order valence-electron chi connectivity index (χ0n) is 12.9. The summed E-state index contributed by atoms with van der Waals surface area (Å²) in [5, 5.41) is 0. The molecule has 2 aromatic rings. The fourth-order valence-corrected chi connectivity index (χ4v) is 2.23. The van der Waals surface area contributed by atoms with Gasteiger partial charge in [-0.2, -0.15) is 0 Å². The van der Waals surface area contributed by atoms with Crippen LogP contribution < -0.4 is 15.2 Å². The first-order valence-electron chi connectivity index (χ1n) is 7.11. The van der Waals surface area contributed by atoms with Crippen LogP contribution in [-0.4, -0.2) is 19.5 Å². The molecule has 0 fully saturated rings. The van der Waals surface area contributed by atoms with Gasteiger partial charge in [0, 0.05) is 6.54 Å². The maximum Gasteiger partial charge on any atom is 0.573 e. The predicted molar refractivity (Wildman–Crippen MR) is 82.6 cm³/mol. The topological polar surface area (TPSA) is 44.5 Å². The fraction of sp³-hybridized carbons (Fsp3) is 0.294. The highest BCUT2D eigenvalue weighted by atomic mass is 19.4. The molecule has 0 unspecified atom stereocenters. The Hall–Kier alpha value is -2.21. The minimum Gasteiger partial charge on any atom is -0.488 e. The van der Waals surface area contributed by atoms with Crippen molar-refractivity contribution in [1.82, 2.24) is 0 Å². The van der Waals surface area contributed by atoms with Crippen molar-refractivity contribution in [3.05, 3.63) is 47.5 Å². The van der Waals surface area contributed by atoms with Crippen LogP contribution in [0.1, 0.15) is 11.1 Å². The summed E-state index contributed by atoms with van der Waals surface area (Å²) >= 11 is 0. The van der Waals surface area contributed by atoms with Crippen LogP contribution in [-0.2, 0) is 0 Å². The van der Waals surface area contributed by atoms with Crippen molar-refractivity contribution < 1.29 is 22.6 Å². The van der Waals surface area contributed by atoms with Gasteiger partial charge in [-0.25, -0.2) is 0 Å². The van der Waals surface area contributed by atoms with Crippen molar-refractivity contribution in [2.24, 2.45) is 5.73 Å². The van der Waals surface area contributed by atoms with Crippen molar-refractivity contribution in [1.29, 1.82) is 0 Å². The second-order valence-electron chi connectivity index (χ2n) is 5.09. The van der Waals surface area contributed by atoms with Gasteiger partial charge in [0.2, 0.25) is 0 Å². The Morgan fingerprint density at radius 1 is 1.04 bits per heavy atom. The van der Waals surface area contributed by atoms with Gasteiger partial charge in [0.15, 0.2) is 11.5 Å². The summed E-state index contributed by atoms with van der Waals surface area (Å²) in [6.45, 7) is 4.18. The summed E-state index contributed by atoms with van der Waals surface area (Å²) in [6.07, 6.45) is -4.79. The number of benzene rings is 2. The molecule has 2 N–H and O–H groups in total. The Labute approximate surface area is 132 Å². The largest absolute Gasteiger partial charge is 0.573 e. The van der Waals surface area contributed by atoms with E-state index in [1.165, 1.54) is 12.1 Å². The van der Waals surface area contributed by atoms with Gasteiger partial charge >= 0.3 is 6.36 Å². The Bertz CT molecular complexity index is 684. The molecular formula is C17H18F3NO2. The first kappa shape index (κ1) is 17.1. The van der Waals surface area contributed by atoms with Gasteiger partial charge in [-0.05, 0) is 48.2 Å². The van der Waals surface area contributed by atoms with Crippen molar-refractivity contribution >= 4 is 0 Å². The lowest BCUT2D eigenvalue weighted by molar-refractivity contribution is -0.275. The molecule has 0 spiro atoms. The molecule has 6 heteroatoms. The molecular weight excluding hydrogens is 307 g/mol. The number of aryl methyl sites for hydroxylation is 1. The molecule has 2 rings (SSSR count). The minimum absolute atomic E-state index is 0.0156. The highest BCUT2D eigenvalue weighted by Gasteiger charge is 2.32. The Kier molecular flexibility index (Phi) is 5.15. The Morgan fingerprint density at radius 2 is 1.78 bits per heavy atom. The normalized spacial score (nSPS) is 11.4. The van der Waals surface area contributed by atoms with E-state index in [9.17, 15) is 13.2 Å². The van der Waals surface area contributed by atoms with E-state index < -0.39 is 6.36 Å². The highest BCUT2D eigenvalue weighted by molar-refractivity contribution is 5.71. The van der Waals surface area contributed by atoms with Crippen LogP contribution in [0, 0.1) is 13.8 Å². The molecule has 2 aromatic carbocycles. The lowest BCUT2D eigenvalue weighted by atomic mass is 9.97. The van der Waals surface area contributed by atoms with Gasteiger partial charge < -0.3 is 15.2 Å². The second-order valence-corrected chi connectivity index (χ2v) is 5.09. The summed E-state index contributed by atoms with van der Waals surface area (Å²) in [4.78, 5) is 0. The third-order valence-corrected chi connectivity index (χ3v) is 3.46. The summed E-state index contributed by atoms with van der Waals surface area (Å²) in [5.74, 6) is -0.355.